The van der Waals surface area contributed by atoms with Crippen molar-refractivity contribution < 1.29 is 5.11 Å². The molecule has 1 nitrogen and oxygen atoms in total. The summed E-state index contributed by atoms with van der Waals surface area (Å²) in [5, 5.41) is 10.2. The lowest BCUT2D eigenvalue weighted by Crippen LogP contribution is -2.46. The van der Waals surface area contributed by atoms with Crippen LogP contribution >= 0.6 is 0 Å². The highest BCUT2D eigenvalue weighted by Gasteiger charge is 2.56. The minimum atomic E-state index is -0.111. The molecule has 0 saturated heterocycles. The fourth-order valence-electron chi connectivity index (χ4n) is 7.79. The highest BCUT2D eigenvalue weighted by Crippen LogP contribution is 2.66. The summed E-state index contributed by atoms with van der Waals surface area (Å²) < 4.78 is 0. The molecule has 156 valence electrons. The average molecular weight is 383 g/mol. The van der Waals surface area contributed by atoms with E-state index in [1.165, 1.54) is 56.1 Å². The van der Waals surface area contributed by atoms with Crippen molar-refractivity contribution in [1.29, 1.82) is 0 Å². The Balaban J connectivity index is 1.55. The number of hydrogen-bond acceptors (Lipinski definition) is 1. The maximum absolute atomic E-state index is 10.2. The molecule has 0 spiro atoms. The fourth-order valence-corrected chi connectivity index (χ4v) is 7.79. The van der Waals surface area contributed by atoms with E-state index in [9.17, 15) is 5.11 Å². The van der Waals surface area contributed by atoms with E-state index >= 15 is 0 Å². The Hall–Kier alpha value is -0.820. The molecule has 28 heavy (non-hydrogen) atoms. The van der Waals surface area contributed by atoms with Gasteiger partial charge >= 0.3 is 0 Å². The van der Waals surface area contributed by atoms with Gasteiger partial charge in [0, 0.05) is 0 Å². The molecule has 0 heterocycles. The standard InChI is InChI=1S/C27H42O/c1-18(2)7-6-8-19(3)23-11-12-24-22-10-9-20-17-21(28)13-15-26(20,4)25(22)14-16-27(23,24)5/h7,9-10,19,21,23-25,28H,6,8,11-17H2,1-5H3/t19?,21?,23-,24+,25+,26+,27-/m1/s1. The Labute approximate surface area is 173 Å². The van der Waals surface area contributed by atoms with Gasteiger partial charge in [-0.3, -0.25) is 0 Å². The van der Waals surface area contributed by atoms with Crippen LogP contribution in [0, 0.1) is 34.5 Å². The van der Waals surface area contributed by atoms with E-state index in [-0.39, 0.29) is 6.10 Å². The van der Waals surface area contributed by atoms with Gasteiger partial charge in [-0.1, -0.05) is 55.7 Å². The zero-order chi connectivity index (χ0) is 20.1. The summed E-state index contributed by atoms with van der Waals surface area (Å²) >= 11 is 0. The van der Waals surface area contributed by atoms with Crippen molar-refractivity contribution in [1.82, 2.24) is 0 Å². The molecule has 2 unspecified atom stereocenters. The molecule has 0 amide bonds. The van der Waals surface area contributed by atoms with E-state index in [1.807, 2.05) is 0 Å². The SMILES string of the molecule is CC(C)=CCCC(C)[C@H]1CC[C@H]2C3=CC=C4CC(O)CC[C@]4(C)[C@H]3CC[C@]12C. The first kappa shape index (κ1) is 20.5. The number of aliphatic hydroxyl groups excluding tert-OH is 1. The normalized spacial score (nSPS) is 43.2. The molecule has 0 aromatic rings. The van der Waals surface area contributed by atoms with E-state index < -0.39 is 0 Å². The molecule has 7 atom stereocenters. The molecule has 4 aliphatic rings. The van der Waals surface area contributed by atoms with E-state index in [2.05, 4.69) is 52.8 Å². The van der Waals surface area contributed by atoms with Crippen LogP contribution in [0.15, 0.2) is 34.9 Å². The summed E-state index contributed by atoms with van der Waals surface area (Å²) in [6.07, 6.45) is 18.5. The molecule has 4 aliphatic carbocycles. The Morgan fingerprint density at radius 1 is 1.11 bits per heavy atom. The smallest absolute Gasteiger partial charge is 0.0578 e. The van der Waals surface area contributed by atoms with Crippen molar-refractivity contribution in [3.8, 4) is 0 Å². The second-order valence-electron chi connectivity index (χ2n) is 11.3. The first-order valence-electron chi connectivity index (χ1n) is 12.0. The lowest BCUT2D eigenvalue weighted by Gasteiger charge is -2.55. The first-order chi connectivity index (χ1) is 13.3. The zero-order valence-electron chi connectivity index (χ0n) is 18.9. The molecule has 1 heteroatoms. The molecule has 0 aliphatic heterocycles. The van der Waals surface area contributed by atoms with Crippen molar-refractivity contribution in [3.63, 3.8) is 0 Å². The molecule has 4 rings (SSSR count). The lowest BCUT2D eigenvalue weighted by molar-refractivity contribution is 0.0328. The minimum Gasteiger partial charge on any atom is -0.393 e. The van der Waals surface area contributed by atoms with Gasteiger partial charge in [0.2, 0.25) is 0 Å². The van der Waals surface area contributed by atoms with Gasteiger partial charge in [0.1, 0.15) is 0 Å². The summed E-state index contributed by atoms with van der Waals surface area (Å²) in [5.41, 5.74) is 5.60. The first-order valence-corrected chi connectivity index (χ1v) is 12.0. The van der Waals surface area contributed by atoms with Crippen LogP contribution in [0.2, 0.25) is 0 Å². The number of hydrogen-bond donors (Lipinski definition) is 1. The van der Waals surface area contributed by atoms with Crippen LogP contribution in [0.5, 0.6) is 0 Å². The zero-order valence-corrected chi connectivity index (χ0v) is 18.9. The summed E-state index contributed by atoms with van der Waals surface area (Å²) in [6.45, 7) is 12.1. The Morgan fingerprint density at radius 3 is 2.64 bits per heavy atom. The molecule has 3 saturated carbocycles. The van der Waals surface area contributed by atoms with Gasteiger partial charge < -0.3 is 5.11 Å². The van der Waals surface area contributed by atoms with E-state index in [0.717, 1.165) is 36.5 Å². The maximum atomic E-state index is 10.2. The number of fused-ring (bicyclic) bond motifs is 5. The van der Waals surface area contributed by atoms with Crippen LogP contribution in [0.1, 0.15) is 92.4 Å². The lowest BCUT2D eigenvalue weighted by atomic mass is 9.50. The highest BCUT2D eigenvalue weighted by molar-refractivity contribution is 5.38. The Bertz CT molecular complexity index is 693. The largest absolute Gasteiger partial charge is 0.393 e. The van der Waals surface area contributed by atoms with E-state index in [0.29, 0.717) is 10.8 Å². The molecular weight excluding hydrogens is 340 g/mol. The second kappa shape index (κ2) is 7.46. The predicted molar refractivity (Wildman–Crippen MR) is 119 cm³/mol. The van der Waals surface area contributed by atoms with Crippen LogP contribution in [-0.4, -0.2) is 11.2 Å². The van der Waals surface area contributed by atoms with Crippen molar-refractivity contribution >= 4 is 0 Å². The van der Waals surface area contributed by atoms with Gasteiger partial charge in [0.25, 0.3) is 0 Å². The molecule has 0 radical (unpaired) electrons. The average Bonchev–Trinajstić information content (AvgIpc) is 2.99. The third-order valence-electron chi connectivity index (χ3n) is 9.48. The molecule has 0 bridgehead atoms. The predicted octanol–water partition coefficient (Wildman–Crippen LogP) is 7.23. The van der Waals surface area contributed by atoms with Gasteiger partial charge in [-0.15, -0.1) is 0 Å². The topological polar surface area (TPSA) is 20.2 Å². The molecule has 3 fully saturated rings. The van der Waals surface area contributed by atoms with Crippen molar-refractivity contribution in [2.24, 2.45) is 34.5 Å². The van der Waals surface area contributed by atoms with Crippen LogP contribution in [0.3, 0.4) is 0 Å². The van der Waals surface area contributed by atoms with Crippen molar-refractivity contribution in [2.75, 3.05) is 0 Å². The minimum absolute atomic E-state index is 0.111. The van der Waals surface area contributed by atoms with Gasteiger partial charge in [-0.05, 0) is 106 Å². The van der Waals surface area contributed by atoms with E-state index in [4.69, 9.17) is 0 Å². The Kier molecular flexibility index (Phi) is 5.45. The van der Waals surface area contributed by atoms with Crippen LogP contribution < -0.4 is 0 Å². The van der Waals surface area contributed by atoms with Crippen molar-refractivity contribution in [2.45, 2.75) is 98.5 Å². The highest BCUT2D eigenvalue weighted by atomic mass is 16.3. The summed E-state index contributed by atoms with van der Waals surface area (Å²) in [6, 6.07) is 0. The van der Waals surface area contributed by atoms with Crippen LogP contribution in [0.25, 0.3) is 0 Å². The number of allylic oxidation sites excluding steroid dienone is 5. The molecule has 0 aromatic carbocycles. The quantitative estimate of drug-likeness (QED) is 0.508. The maximum Gasteiger partial charge on any atom is 0.0578 e. The molecule has 0 aromatic heterocycles. The van der Waals surface area contributed by atoms with Gasteiger partial charge in [-0.2, -0.15) is 0 Å². The van der Waals surface area contributed by atoms with Gasteiger partial charge in [0.05, 0.1) is 6.10 Å². The monoisotopic (exact) mass is 382 g/mol. The molecular formula is C27H42O. The van der Waals surface area contributed by atoms with Crippen LogP contribution in [0.4, 0.5) is 0 Å². The second-order valence-corrected chi connectivity index (χ2v) is 11.3. The summed E-state index contributed by atoms with van der Waals surface area (Å²) in [4.78, 5) is 0. The van der Waals surface area contributed by atoms with E-state index in [1.54, 1.807) is 5.57 Å². The third kappa shape index (κ3) is 3.26. The summed E-state index contributed by atoms with van der Waals surface area (Å²) in [7, 11) is 0. The molecule has 1 N–H and O–H groups in total. The fraction of sp³-hybridized carbons (Fsp3) is 0.778. The number of rotatable bonds is 4. The van der Waals surface area contributed by atoms with Crippen molar-refractivity contribution in [3.05, 3.63) is 34.9 Å². The number of aliphatic hydroxyl groups is 1. The Morgan fingerprint density at radius 2 is 1.89 bits per heavy atom. The third-order valence-corrected chi connectivity index (χ3v) is 9.48. The van der Waals surface area contributed by atoms with Gasteiger partial charge in [0.15, 0.2) is 0 Å². The summed E-state index contributed by atoms with van der Waals surface area (Å²) in [5.74, 6) is 3.25. The van der Waals surface area contributed by atoms with Gasteiger partial charge in [-0.25, -0.2) is 0 Å². The van der Waals surface area contributed by atoms with Crippen LogP contribution in [-0.2, 0) is 0 Å².